The number of aryl methyl sites for hydroxylation is 1. The van der Waals surface area contributed by atoms with E-state index in [1.165, 1.54) is 11.1 Å². The molecule has 0 spiro atoms. The van der Waals surface area contributed by atoms with Gasteiger partial charge >= 0.3 is 12.0 Å². The summed E-state index contributed by atoms with van der Waals surface area (Å²) in [7, 11) is 0. The molecule has 1 aliphatic carbocycles. The summed E-state index contributed by atoms with van der Waals surface area (Å²) in [5.41, 5.74) is 2.67. The van der Waals surface area contributed by atoms with E-state index in [-0.39, 0.29) is 18.5 Å². The number of carbonyl (C=O) groups is 2. The average Bonchev–Trinajstić information content (AvgIpc) is 2.43. The van der Waals surface area contributed by atoms with Gasteiger partial charge in [-0.25, -0.2) is 4.79 Å². The average molecular weight is 276 g/mol. The summed E-state index contributed by atoms with van der Waals surface area (Å²) in [5, 5.41) is 14.2. The van der Waals surface area contributed by atoms with Crippen LogP contribution in [0.4, 0.5) is 4.79 Å². The number of hydrogen-bond acceptors (Lipinski definition) is 2. The Labute approximate surface area is 118 Å². The molecule has 20 heavy (non-hydrogen) atoms. The van der Waals surface area contributed by atoms with Gasteiger partial charge in [0.1, 0.15) is 0 Å². The fourth-order valence-electron chi connectivity index (χ4n) is 2.50. The van der Waals surface area contributed by atoms with Gasteiger partial charge in [-0.15, -0.1) is 0 Å². The number of carboxylic acids is 1. The molecule has 0 radical (unpaired) electrons. The van der Waals surface area contributed by atoms with Crippen LogP contribution in [0, 0.1) is 0 Å². The van der Waals surface area contributed by atoms with Crippen molar-refractivity contribution < 1.29 is 14.7 Å². The molecule has 3 N–H and O–H groups in total. The van der Waals surface area contributed by atoms with Gasteiger partial charge in [-0.05, 0) is 36.8 Å². The van der Waals surface area contributed by atoms with Crippen LogP contribution in [0.2, 0.25) is 0 Å². The SMILES string of the molecule is O=C(O)CCCNC(=O)NC1CCc2ccccc2C1. The summed E-state index contributed by atoms with van der Waals surface area (Å²) >= 11 is 0. The van der Waals surface area contributed by atoms with Crippen LogP contribution in [-0.2, 0) is 17.6 Å². The largest absolute Gasteiger partial charge is 0.481 e. The smallest absolute Gasteiger partial charge is 0.315 e. The third-order valence-corrected chi connectivity index (χ3v) is 3.54. The van der Waals surface area contributed by atoms with Crippen molar-refractivity contribution in [3.8, 4) is 0 Å². The van der Waals surface area contributed by atoms with Crippen LogP contribution in [0.1, 0.15) is 30.4 Å². The number of nitrogens with one attached hydrogen (secondary N) is 2. The van der Waals surface area contributed by atoms with Crippen LogP contribution in [0.15, 0.2) is 24.3 Å². The van der Waals surface area contributed by atoms with Gasteiger partial charge in [-0.3, -0.25) is 4.79 Å². The van der Waals surface area contributed by atoms with E-state index in [0.29, 0.717) is 13.0 Å². The van der Waals surface area contributed by atoms with Crippen molar-refractivity contribution in [1.82, 2.24) is 10.6 Å². The number of hydrogen-bond donors (Lipinski definition) is 3. The molecule has 1 aromatic carbocycles. The molecule has 0 saturated carbocycles. The lowest BCUT2D eigenvalue weighted by molar-refractivity contribution is -0.137. The lowest BCUT2D eigenvalue weighted by atomic mass is 9.88. The van der Waals surface area contributed by atoms with E-state index >= 15 is 0 Å². The first kappa shape index (κ1) is 14.4. The van der Waals surface area contributed by atoms with Crippen molar-refractivity contribution >= 4 is 12.0 Å². The van der Waals surface area contributed by atoms with E-state index < -0.39 is 5.97 Å². The molecule has 0 bridgehead atoms. The fraction of sp³-hybridized carbons (Fsp3) is 0.467. The number of benzene rings is 1. The van der Waals surface area contributed by atoms with Gasteiger partial charge in [0.15, 0.2) is 0 Å². The number of carboxylic acid groups (broad SMARTS) is 1. The van der Waals surface area contributed by atoms with E-state index in [1.54, 1.807) is 0 Å². The molecule has 1 atom stereocenters. The predicted octanol–water partition coefficient (Wildman–Crippen LogP) is 1.71. The summed E-state index contributed by atoms with van der Waals surface area (Å²) < 4.78 is 0. The Morgan fingerprint density at radius 2 is 2.00 bits per heavy atom. The molecule has 0 aromatic heterocycles. The first-order valence-corrected chi connectivity index (χ1v) is 6.98. The Morgan fingerprint density at radius 3 is 2.75 bits per heavy atom. The number of rotatable bonds is 5. The van der Waals surface area contributed by atoms with Crippen LogP contribution in [0.25, 0.3) is 0 Å². The molecule has 0 fully saturated rings. The minimum Gasteiger partial charge on any atom is -0.481 e. The van der Waals surface area contributed by atoms with Gasteiger partial charge in [0, 0.05) is 19.0 Å². The predicted molar refractivity (Wildman–Crippen MR) is 75.7 cm³/mol. The van der Waals surface area contributed by atoms with Gasteiger partial charge in [0.2, 0.25) is 0 Å². The Morgan fingerprint density at radius 1 is 1.25 bits per heavy atom. The van der Waals surface area contributed by atoms with Crippen LogP contribution in [-0.4, -0.2) is 29.7 Å². The van der Waals surface area contributed by atoms with Gasteiger partial charge < -0.3 is 15.7 Å². The second kappa shape index (κ2) is 6.93. The van der Waals surface area contributed by atoms with Crippen molar-refractivity contribution in [2.75, 3.05) is 6.54 Å². The topological polar surface area (TPSA) is 78.4 Å². The van der Waals surface area contributed by atoms with E-state index in [2.05, 4.69) is 22.8 Å². The van der Waals surface area contributed by atoms with E-state index in [9.17, 15) is 9.59 Å². The zero-order valence-electron chi connectivity index (χ0n) is 11.4. The maximum absolute atomic E-state index is 11.7. The van der Waals surface area contributed by atoms with Gasteiger partial charge in [-0.1, -0.05) is 24.3 Å². The molecular formula is C15H20N2O3. The molecule has 0 aliphatic heterocycles. The van der Waals surface area contributed by atoms with Gasteiger partial charge in [0.25, 0.3) is 0 Å². The Balaban J connectivity index is 1.72. The molecule has 5 heteroatoms. The van der Waals surface area contributed by atoms with E-state index in [4.69, 9.17) is 5.11 Å². The monoisotopic (exact) mass is 276 g/mol. The normalized spacial score (nSPS) is 17.1. The second-order valence-corrected chi connectivity index (χ2v) is 5.11. The summed E-state index contributed by atoms with van der Waals surface area (Å²) in [6.45, 7) is 0.390. The van der Waals surface area contributed by atoms with Crippen molar-refractivity contribution in [2.24, 2.45) is 0 Å². The zero-order valence-corrected chi connectivity index (χ0v) is 11.4. The standard InChI is InChI=1S/C15H20N2O3/c18-14(19)6-3-9-16-15(20)17-13-8-7-11-4-1-2-5-12(11)10-13/h1-2,4-5,13H,3,6-10H2,(H,18,19)(H2,16,17,20). The second-order valence-electron chi connectivity index (χ2n) is 5.11. The molecule has 2 rings (SSSR count). The molecule has 1 unspecified atom stereocenters. The zero-order chi connectivity index (χ0) is 14.4. The molecule has 1 aromatic rings. The highest BCUT2D eigenvalue weighted by molar-refractivity contribution is 5.74. The minimum atomic E-state index is -0.837. The number of amides is 2. The van der Waals surface area contributed by atoms with Crippen LogP contribution in [0.5, 0.6) is 0 Å². The maximum Gasteiger partial charge on any atom is 0.315 e. The first-order chi connectivity index (χ1) is 9.65. The number of carbonyl (C=O) groups excluding carboxylic acids is 1. The number of fused-ring (bicyclic) bond motifs is 1. The maximum atomic E-state index is 11.7. The van der Waals surface area contributed by atoms with E-state index in [1.807, 2.05) is 12.1 Å². The lowest BCUT2D eigenvalue weighted by Crippen LogP contribution is -2.44. The van der Waals surface area contributed by atoms with Crippen molar-refractivity contribution in [3.05, 3.63) is 35.4 Å². The fourth-order valence-corrected chi connectivity index (χ4v) is 2.50. The number of urea groups is 1. The molecule has 0 saturated heterocycles. The summed E-state index contributed by atoms with van der Waals surface area (Å²) in [6.07, 6.45) is 3.33. The van der Waals surface area contributed by atoms with E-state index in [0.717, 1.165) is 19.3 Å². The molecular weight excluding hydrogens is 256 g/mol. The van der Waals surface area contributed by atoms with Crippen molar-refractivity contribution in [1.29, 1.82) is 0 Å². The summed E-state index contributed by atoms with van der Waals surface area (Å²) in [5.74, 6) is -0.837. The Kier molecular flexibility index (Phi) is 4.98. The van der Waals surface area contributed by atoms with Crippen LogP contribution < -0.4 is 10.6 Å². The van der Waals surface area contributed by atoms with Crippen molar-refractivity contribution in [2.45, 2.75) is 38.1 Å². The third-order valence-electron chi connectivity index (χ3n) is 3.54. The third kappa shape index (κ3) is 4.26. The van der Waals surface area contributed by atoms with Crippen LogP contribution in [0.3, 0.4) is 0 Å². The molecule has 108 valence electrons. The minimum absolute atomic E-state index is 0.0804. The highest BCUT2D eigenvalue weighted by Crippen LogP contribution is 2.20. The quantitative estimate of drug-likeness (QED) is 0.716. The first-order valence-electron chi connectivity index (χ1n) is 6.98. The summed E-state index contributed by atoms with van der Waals surface area (Å²) in [4.78, 5) is 22.0. The van der Waals surface area contributed by atoms with Crippen LogP contribution >= 0.6 is 0 Å². The summed E-state index contributed by atoms with van der Waals surface area (Å²) in [6, 6.07) is 8.25. The highest BCUT2D eigenvalue weighted by atomic mass is 16.4. The molecule has 0 heterocycles. The lowest BCUT2D eigenvalue weighted by Gasteiger charge is -2.25. The van der Waals surface area contributed by atoms with Gasteiger partial charge in [0.05, 0.1) is 0 Å². The molecule has 2 amide bonds. The molecule has 1 aliphatic rings. The Bertz CT molecular complexity index is 488. The van der Waals surface area contributed by atoms with Gasteiger partial charge in [-0.2, -0.15) is 0 Å². The Hall–Kier alpha value is -2.04. The molecule has 5 nitrogen and oxygen atoms in total. The highest BCUT2D eigenvalue weighted by Gasteiger charge is 2.19. The van der Waals surface area contributed by atoms with Crippen molar-refractivity contribution in [3.63, 3.8) is 0 Å². The number of aliphatic carboxylic acids is 1.